The van der Waals surface area contributed by atoms with E-state index in [0.717, 1.165) is 36.9 Å². The van der Waals surface area contributed by atoms with Gasteiger partial charge in [-0.15, -0.1) is 0 Å². The Hall–Kier alpha value is -2.34. The van der Waals surface area contributed by atoms with Crippen molar-refractivity contribution in [1.82, 2.24) is 15.2 Å². The van der Waals surface area contributed by atoms with E-state index in [1.54, 1.807) is 6.26 Å². The highest BCUT2D eigenvalue weighted by Crippen LogP contribution is 2.17. The van der Waals surface area contributed by atoms with E-state index in [9.17, 15) is 4.79 Å². The number of aryl methyl sites for hydroxylation is 1. The van der Waals surface area contributed by atoms with Crippen molar-refractivity contribution in [2.24, 2.45) is 0 Å². The zero-order chi connectivity index (χ0) is 16.9. The van der Waals surface area contributed by atoms with Crippen molar-refractivity contribution < 1.29 is 9.21 Å². The highest BCUT2D eigenvalue weighted by Gasteiger charge is 2.25. The zero-order valence-corrected chi connectivity index (χ0v) is 14.2. The Bertz CT molecular complexity index is 671. The van der Waals surface area contributed by atoms with Gasteiger partial charge >= 0.3 is 0 Å². The Morgan fingerprint density at radius 3 is 2.92 bits per heavy atom. The van der Waals surface area contributed by atoms with Gasteiger partial charge in [-0.2, -0.15) is 0 Å². The monoisotopic (exact) mass is 328 g/mol. The van der Waals surface area contributed by atoms with Crippen molar-refractivity contribution in [3.05, 3.63) is 48.0 Å². The van der Waals surface area contributed by atoms with E-state index < -0.39 is 0 Å². The lowest BCUT2D eigenvalue weighted by molar-refractivity contribution is -0.123. The molecular weight excluding hydrogens is 304 g/mol. The van der Waals surface area contributed by atoms with E-state index in [1.165, 1.54) is 0 Å². The maximum absolute atomic E-state index is 12.1. The largest absolute Gasteiger partial charge is 0.467 e. The lowest BCUT2D eigenvalue weighted by atomic mass is 10.2. The summed E-state index contributed by atoms with van der Waals surface area (Å²) in [6.45, 7) is 7.62. The van der Waals surface area contributed by atoms with Crippen molar-refractivity contribution in [1.29, 1.82) is 0 Å². The maximum atomic E-state index is 12.1. The van der Waals surface area contributed by atoms with Gasteiger partial charge in [-0.1, -0.05) is 6.07 Å². The van der Waals surface area contributed by atoms with Crippen LogP contribution in [0.3, 0.4) is 0 Å². The molecule has 1 saturated heterocycles. The summed E-state index contributed by atoms with van der Waals surface area (Å²) in [5.41, 5.74) is 1.03. The summed E-state index contributed by atoms with van der Waals surface area (Å²) in [6.07, 6.45) is 1.61. The third kappa shape index (κ3) is 4.14. The average molecular weight is 328 g/mol. The van der Waals surface area contributed by atoms with Gasteiger partial charge in [0.15, 0.2) is 0 Å². The van der Waals surface area contributed by atoms with Crippen molar-refractivity contribution >= 4 is 11.7 Å². The van der Waals surface area contributed by atoms with Crippen LogP contribution in [0.5, 0.6) is 0 Å². The highest BCUT2D eigenvalue weighted by molar-refractivity contribution is 5.78. The van der Waals surface area contributed by atoms with Gasteiger partial charge in [-0.05, 0) is 38.1 Å². The molecule has 1 N–H and O–H groups in total. The SMILES string of the molecule is Cc1cccc(N2CCN(CC(=O)NCc3ccco3)C(C)C2)n1. The van der Waals surface area contributed by atoms with Crippen LogP contribution in [-0.2, 0) is 11.3 Å². The van der Waals surface area contributed by atoms with E-state index in [4.69, 9.17) is 4.42 Å². The number of piperazine rings is 1. The van der Waals surface area contributed by atoms with Gasteiger partial charge < -0.3 is 14.6 Å². The summed E-state index contributed by atoms with van der Waals surface area (Å²) in [4.78, 5) is 21.2. The minimum Gasteiger partial charge on any atom is -0.467 e. The number of rotatable bonds is 5. The molecule has 0 radical (unpaired) electrons. The van der Waals surface area contributed by atoms with Gasteiger partial charge in [0.05, 0.1) is 19.4 Å². The number of carbonyl (C=O) groups is 1. The van der Waals surface area contributed by atoms with E-state index in [1.807, 2.05) is 37.3 Å². The molecule has 6 nitrogen and oxygen atoms in total. The summed E-state index contributed by atoms with van der Waals surface area (Å²) in [5, 5.41) is 2.90. The molecule has 1 unspecified atom stereocenters. The first-order chi connectivity index (χ1) is 11.6. The summed E-state index contributed by atoms with van der Waals surface area (Å²) >= 11 is 0. The molecule has 3 heterocycles. The number of carbonyl (C=O) groups excluding carboxylic acids is 1. The van der Waals surface area contributed by atoms with Crippen LogP contribution in [0, 0.1) is 6.92 Å². The number of pyridine rings is 1. The first-order valence-electron chi connectivity index (χ1n) is 8.33. The van der Waals surface area contributed by atoms with Gasteiger partial charge in [-0.3, -0.25) is 9.69 Å². The van der Waals surface area contributed by atoms with Crippen molar-refractivity contribution in [2.75, 3.05) is 31.1 Å². The summed E-state index contributed by atoms with van der Waals surface area (Å²) in [5.74, 6) is 1.82. The number of nitrogens with zero attached hydrogens (tertiary/aromatic N) is 3. The van der Waals surface area contributed by atoms with Crippen LogP contribution in [0.25, 0.3) is 0 Å². The summed E-state index contributed by atoms with van der Waals surface area (Å²) in [7, 11) is 0. The van der Waals surface area contributed by atoms with Crippen LogP contribution < -0.4 is 10.2 Å². The molecule has 0 spiro atoms. The molecule has 24 heavy (non-hydrogen) atoms. The van der Waals surface area contributed by atoms with Gasteiger partial charge in [0.2, 0.25) is 5.91 Å². The fourth-order valence-corrected chi connectivity index (χ4v) is 2.98. The number of aromatic nitrogens is 1. The summed E-state index contributed by atoms with van der Waals surface area (Å²) < 4.78 is 5.23. The lowest BCUT2D eigenvalue weighted by Crippen LogP contribution is -2.54. The molecule has 0 aromatic carbocycles. The Kier molecular flexibility index (Phi) is 5.15. The first kappa shape index (κ1) is 16.5. The molecule has 6 heteroatoms. The first-order valence-corrected chi connectivity index (χ1v) is 8.33. The smallest absolute Gasteiger partial charge is 0.234 e. The fraction of sp³-hybridized carbons (Fsp3) is 0.444. The molecule has 1 amide bonds. The second-order valence-corrected chi connectivity index (χ2v) is 6.26. The molecule has 0 bridgehead atoms. The van der Waals surface area contributed by atoms with Gasteiger partial charge in [0.1, 0.15) is 11.6 Å². The molecule has 2 aromatic heterocycles. The Balaban J connectivity index is 1.49. The normalized spacial score (nSPS) is 18.6. The number of furan rings is 1. The predicted molar refractivity (Wildman–Crippen MR) is 92.8 cm³/mol. The Morgan fingerprint density at radius 1 is 1.33 bits per heavy atom. The second-order valence-electron chi connectivity index (χ2n) is 6.26. The third-order valence-corrected chi connectivity index (χ3v) is 4.35. The quantitative estimate of drug-likeness (QED) is 0.907. The lowest BCUT2D eigenvalue weighted by Gasteiger charge is -2.40. The van der Waals surface area contributed by atoms with Crippen LogP contribution in [0.15, 0.2) is 41.0 Å². The molecule has 1 aliphatic heterocycles. The van der Waals surface area contributed by atoms with Gasteiger partial charge in [0, 0.05) is 31.4 Å². The van der Waals surface area contributed by atoms with Crippen molar-refractivity contribution in [3.8, 4) is 0 Å². The van der Waals surface area contributed by atoms with Crippen LogP contribution in [0.2, 0.25) is 0 Å². The molecular formula is C18H24N4O2. The minimum absolute atomic E-state index is 0.0281. The molecule has 3 rings (SSSR count). The predicted octanol–water partition coefficient (Wildman–Crippen LogP) is 1.81. The van der Waals surface area contributed by atoms with Gasteiger partial charge in [0.25, 0.3) is 0 Å². The second kappa shape index (κ2) is 7.49. The van der Waals surface area contributed by atoms with E-state index in [0.29, 0.717) is 19.1 Å². The molecule has 0 saturated carbocycles. The minimum atomic E-state index is 0.0281. The number of hydrogen-bond donors (Lipinski definition) is 1. The molecule has 0 aliphatic carbocycles. The third-order valence-electron chi connectivity index (χ3n) is 4.35. The van der Waals surface area contributed by atoms with E-state index in [-0.39, 0.29) is 5.91 Å². The van der Waals surface area contributed by atoms with Crippen LogP contribution in [-0.4, -0.2) is 48.0 Å². The van der Waals surface area contributed by atoms with E-state index >= 15 is 0 Å². The topological polar surface area (TPSA) is 61.6 Å². The van der Waals surface area contributed by atoms with E-state index in [2.05, 4.69) is 27.0 Å². The van der Waals surface area contributed by atoms with Crippen LogP contribution in [0.1, 0.15) is 18.4 Å². The molecule has 128 valence electrons. The highest BCUT2D eigenvalue weighted by atomic mass is 16.3. The fourth-order valence-electron chi connectivity index (χ4n) is 2.98. The molecule has 2 aromatic rings. The van der Waals surface area contributed by atoms with Crippen LogP contribution in [0.4, 0.5) is 5.82 Å². The number of nitrogens with one attached hydrogen (secondary N) is 1. The molecule has 1 aliphatic rings. The Labute approximate surface area is 142 Å². The van der Waals surface area contributed by atoms with Crippen LogP contribution >= 0.6 is 0 Å². The molecule has 1 atom stereocenters. The number of anilines is 1. The summed E-state index contributed by atoms with van der Waals surface area (Å²) in [6, 6.07) is 10.1. The maximum Gasteiger partial charge on any atom is 0.234 e. The van der Waals surface area contributed by atoms with Crippen molar-refractivity contribution in [3.63, 3.8) is 0 Å². The molecule has 1 fully saturated rings. The van der Waals surface area contributed by atoms with Gasteiger partial charge in [-0.25, -0.2) is 4.98 Å². The number of hydrogen-bond acceptors (Lipinski definition) is 5. The van der Waals surface area contributed by atoms with Crippen molar-refractivity contribution in [2.45, 2.75) is 26.4 Å². The zero-order valence-electron chi connectivity index (χ0n) is 14.2. The Morgan fingerprint density at radius 2 is 2.21 bits per heavy atom. The standard InChI is InChI=1S/C18H24N4O2/c1-14-5-3-7-17(20-14)22-9-8-21(15(2)12-22)13-18(23)19-11-16-6-4-10-24-16/h3-7,10,15H,8-9,11-13H2,1-2H3,(H,19,23). The number of amides is 1. The average Bonchev–Trinajstić information content (AvgIpc) is 3.08.